The van der Waals surface area contributed by atoms with E-state index in [1.807, 2.05) is 6.07 Å². The molecule has 0 aliphatic heterocycles. The predicted octanol–water partition coefficient (Wildman–Crippen LogP) is 4.03. The van der Waals surface area contributed by atoms with Gasteiger partial charge in [-0.15, -0.1) is 0 Å². The number of hydrogen-bond donors (Lipinski definition) is 2. The summed E-state index contributed by atoms with van der Waals surface area (Å²) >= 11 is 12.4. The Morgan fingerprint density at radius 1 is 1.33 bits per heavy atom. The number of aliphatic hydroxyl groups excluding tert-OH is 1. The largest absolute Gasteiger partial charge is 0.486 e. The van der Waals surface area contributed by atoms with Gasteiger partial charge < -0.3 is 15.2 Å². The van der Waals surface area contributed by atoms with E-state index in [2.05, 4.69) is 19.2 Å². The fourth-order valence-electron chi connectivity index (χ4n) is 2.57. The first-order valence-corrected chi connectivity index (χ1v) is 8.26. The standard InChI is InChI=1S/C16H23Cl2NO2/c1-10(2)8-19-9-11-6-12(17)7-13(18)16(11)21-15-5-3-4-14(15)20/h6-7,10,14-15,19-20H,3-5,8-9H2,1-2H3. The van der Waals surface area contributed by atoms with Crippen LogP contribution in [0.1, 0.15) is 38.7 Å². The van der Waals surface area contributed by atoms with Crippen LogP contribution in [-0.2, 0) is 6.54 Å². The van der Waals surface area contributed by atoms with Gasteiger partial charge in [-0.1, -0.05) is 37.0 Å². The molecular weight excluding hydrogens is 309 g/mol. The number of benzene rings is 1. The molecule has 5 heteroatoms. The quantitative estimate of drug-likeness (QED) is 0.826. The van der Waals surface area contributed by atoms with Crippen LogP contribution in [0.5, 0.6) is 5.75 Å². The van der Waals surface area contributed by atoms with Crippen LogP contribution in [0.25, 0.3) is 0 Å². The van der Waals surface area contributed by atoms with Crippen molar-refractivity contribution < 1.29 is 9.84 Å². The molecule has 1 aliphatic carbocycles. The van der Waals surface area contributed by atoms with Crippen molar-refractivity contribution in [1.82, 2.24) is 5.32 Å². The first-order chi connectivity index (χ1) is 9.97. The molecule has 2 unspecified atom stereocenters. The molecule has 118 valence electrons. The van der Waals surface area contributed by atoms with Gasteiger partial charge in [0.2, 0.25) is 0 Å². The fourth-order valence-corrected chi connectivity index (χ4v) is 3.15. The molecular formula is C16H23Cl2NO2. The van der Waals surface area contributed by atoms with E-state index in [1.54, 1.807) is 6.07 Å². The Balaban J connectivity index is 2.13. The maximum absolute atomic E-state index is 9.93. The van der Waals surface area contributed by atoms with Crippen molar-refractivity contribution >= 4 is 23.2 Å². The van der Waals surface area contributed by atoms with Crippen LogP contribution in [0.2, 0.25) is 10.0 Å². The smallest absolute Gasteiger partial charge is 0.143 e. The van der Waals surface area contributed by atoms with Crippen LogP contribution < -0.4 is 10.1 Å². The highest BCUT2D eigenvalue weighted by Gasteiger charge is 2.28. The minimum Gasteiger partial charge on any atom is -0.486 e. The predicted molar refractivity (Wildman–Crippen MR) is 87.3 cm³/mol. The van der Waals surface area contributed by atoms with E-state index in [1.165, 1.54) is 0 Å². The van der Waals surface area contributed by atoms with Crippen LogP contribution in [0.15, 0.2) is 12.1 Å². The highest BCUT2D eigenvalue weighted by atomic mass is 35.5. The lowest BCUT2D eigenvalue weighted by atomic mass is 10.1. The summed E-state index contributed by atoms with van der Waals surface area (Å²) in [6, 6.07) is 3.56. The molecule has 2 rings (SSSR count). The van der Waals surface area contributed by atoms with E-state index in [9.17, 15) is 5.11 Å². The molecule has 1 aromatic carbocycles. The van der Waals surface area contributed by atoms with Crippen molar-refractivity contribution in [1.29, 1.82) is 0 Å². The normalized spacial score (nSPS) is 22.0. The van der Waals surface area contributed by atoms with Crippen molar-refractivity contribution in [2.75, 3.05) is 6.54 Å². The van der Waals surface area contributed by atoms with Gasteiger partial charge in [0.15, 0.2) is 0 Å². The van der Waals surface area contributed by atoms with Crippen molar-refractivity contribution in [2.45, 2.75) is 51.9 Å². The van der Waals surface area contributed by atoms with Crippen LogP contribution in [0.3, 0.4) is 0 Å². The third kappa shape index (κ3) is 4.75. The van der Waals surface area contributed by atoms with Gasteiger partial charge >= 0.3 is 0 Å². The number of hydrogen-bond acceptors (Lipinski definition) is 3. The van der Waals surface area contributed by atoms with Crippen LogP contribution in [0.4, 0.5) is 0 Å². The SMILES string of the molecule is CC(C)CNCc1cc(Cl)cc(Cl)c1OC1CCCC1O. The van der Waals surface area contributed by atoms with Gasteiger partial charge in [-0.05, 0) is 43.9 Å². The Kier molecular flexibility index (Phi) is 6.18. The molecule has 0 saturated heterocycles. The fraction of sp³-hybridized carbons (Fsp3) is 0.625. The Labute approximate surface area is 136 Å². The molecule has 21 heavy (non-hydrogen) atoms. The Morgan fingerprint density at radius 3 is 2.71 bits per heavy atom. The number of ether oxygens (including phenoxy) is 1. The lowest BCUT2D eigenvalue weighted by Gasteiger charge is -2.21. The van der Waals surface area contributed by atoms with Gasteiger partial charge in [-0.3, -0.25) is 0 Å². The molecule has 1 aromatic rings. The molecule has 0 heterocycles. The molecule has 0 spiro atoms. The summed E-state index contributed by atoms with van der Waals surface area (Å²) in [5, 5.41) is 14.4. The zero-order valence-corrected chi connectivity index (χ0v) is 14.0. The summed E-state index contributed by atoms with van der Waals surface area (Å²) in [6.45, 7) is 5.88. The van der Waals surface area contributed by atoms with Crippen LogP contribution in [0, 0.1) is 5.92 Å². The molecule has 3 nitrogen and oxygen atoms in total. The summed E-state index contributed by atoms with van der Waals surface area (Å²) in [7, 11) is 0. The van der Waals surface area contributed by atoms with Gasteiger partial charge in [-0.25, -0.2) is 0 Å². The summed E-state index contributed by atoms with van der Waals surface area (Å²) in [4.78, 5) is 0. The average molecular weight is 332 g/mol. The molecule has 2 N–H and O–H groups in total. The van der Waals surface area contributed by atoms with Crippen LogP contribution in [-0.4, -0.2) is 23.9 Å². The van der Waals surface area contributed by atoms with Gasteiger partial charge in [0.05, 0.1) is 11.1 Å². The highest BCUT2D eigenvalue weighted by molar-refractivity contribution is 6.35. The van der Waals surface area contributed by atoms with Gasteiger partial charge in [-0.2, -0.15) is 0 Å². The highest BCUT2D eigenvalue weighted by Crippen LogP contribution is 2.35. The van der Waals surface area contributed by atoms with E-state index in [0.717, 1.165) is 31.4 Å². The van der Waals surface area contributed by atoms with Crippen molar-refractivity contribution in [2.24, 2.45) is 5.92 Å². The second-order valence-electron chi connectivity index (χ2n) is 6.06. The number of rotatable bonds is 6. The third-order valence-electron chi connectivity index (χ3n) is 3.64. The minimum absolute atomic E-state index is 0.174. The van der Waals surface area contributed by atoms with E-state index >= 15 is 0 Å². The Bertz CT molecular complexity index is 480. The molecule has 0 aromatic heterocycles. The van der Waals surface area contributed by atoms with E-state index in [4.69, 9.17) is 27.9 Å². The number of aliphatic hydroxyl groups is 1. The van der Waals surface area contributed by atoms with Crippen LogP contribution >= 0.6 is 23.2 Å². The molecule has 1 fully saturated rings. The van der Waals surface area contributed by atoms with Gasteiger partial charge in [0.1, 0.15) is 11.9 Å². The van der Waals surface area contributed by atoms with Crippen molar-refractivity contribution in [3.63, 3.8) is 0 Å². The topological polar surface area (TPSA) is 41.5 Å². The molecule has 0 radical (unpaired) electrons. The Hall–Kier alpha value is -0.480. The van der Waals surface area contributed by atoms with E-state index in [-0.39, 0.29) is 6.10 Å². The van der Waals surface area contributed by atoms with E-state index < -0.39 is 6.10 Å². The Morgan fingerprint density at radius 2 is 2.10 bits per heavy atom. The zero-order chi connectivity index (χ0) is 15.4. The lowest BCUT2D eigenvalue weighted by molar-refractivity contribution is 0.0598. The van der Waals surface area contributed by atoms with Gasteiger partial charge in [0, 0.05) is 17.1 Å². The summed E-state index contributed by atoms with van der Waals surface area (Å²) in [5.41, 5.74) is 0.937. The molecule has 0 amide bonds. The molecule has 0 bridgehead atoms. The molecule has 1 aliphatic rings. The summed E-state index contributed by atoms with van der Waals surface area (Å²) in [6.07, 6.45) is 2.05. The zero-order valence-electron chi connectivity index (χ0n) is 12.5. The lowest BCUT2D eigenvalue weighted by Crippen LogP contribution is -2.27. The maximum atomic E-state index is 9.93. The average Bonchev–Trinajstić information content (AvgIpc) is 2.78. The second kappa shape index (κ2) is 7.68. The first kappa shape index (κ1) is 16.9. The maximum Gasteiger partial charge on any atom is 0.143 e. The minimum atomic E-state index is -0.409. The molecule has 2 atom stereocenters. The second-order valence-corrected chi connectivity index (χ2v) is 6.90. The van der Waals surface area contributed by atoms with Gasteiger partial charge in [0.25, 0.3) is 0 Å². The summed E-state index contributed by atoms with van der Waals surface area (Å²) < 4.78 is 5.98. The first-order valence-electron chi connectivity index (χ1n) is 7.50. The number of halogens is 2. The third-order valence-corrected chi connectivity index (χ3v) is 4.14. The number of nitrogens with one attached hydrogen (secondary N) is 1. The van der Waals surface area contributed by atoms with Crippen molar-refractivity contribution in [3.8, 4) is 5.75 Å². The van der Waals surface area contributed by atoms with E-state index in [0.29, 0.717) is 28.3 Å². The van der Waals surface area contributed by atoms with Crippen molar-refractivity contribution in [3.05, 3.63) is 27.7 Å². The molecule has 1 saturated carbocycles. The monoisotopic (exact) mass is 331 g/mol. The summed E-state index contributed by atoms with van der Waals surface area (Å²) in [5.74, 6) is 1.21.